The van der Waals surface area contributed by atoms with Crippen LogP contribution in [0.2, 0.25) is 0 Å². The lowest BCUT2D eigenvalue weighted by Gasteiger charge is -2.21. The summed E-state index contributed by atoms with van der Waals surface area (Å²) in [5, 5.41) is 4.21. The molecular formula is C17H15F4N5O2. The van der Waals surface area contributed by atoms with E-state index in [-0.39, 0.29) is 34.6 Å². The first-order valence-electron chi connectivity index (χ1n) is 8.12. The van der Waals surface area contributed by atoms with Gasteiger partial charge in [-0.2, -0.15) is 13.2 Å². The highest BCUT2D eigenvalue weighted by Crippen LogP contribution is 2.39. The fraction of sp³-hybridized carbons (Fsp3) is 0.235. The fourth-order valence-corrected chi connectivity index (χ4v) is 2.75. The largest absolute Gasteiger partial charge is 0.455 e. The summed E-state index contributed by atoms with van der Waals surface area (Å²) in [5.41, 5.74) is 5.22. The number of carbonyl (C=O) groups is 1. The van der Waals surface area contributed by atoms with E-state index in [1.54, 1.807) is 6.92 Å². The topological polar surface area (TPSA) is 106 Å². The molecule has 4 N–H and O–H groups in total. The van der Waals surface area contributed by atoms with Gasteiger partial charge in [0.05, 0.1) is 18.1 Å². The van der Waals surface area contributed by atoms with Gasteiger partial charge in [-0.15, -0.1) is 0 Å². The fourth-order valence-electron chi connectivity index (χ4n) is 2.75. The van der Waals surface area contributed by atoms with Gasteiger partial charge in [-0.25, -0.2) is 19.2 Å². The second kappa shape index (κ2) is 7.33. The molecule has 148 valence electrons. The van der Waals surface area contributed by atoms with Crippen LogP contribution in [0, 0.1) is 5.82 Å². The average molecular weight is 397 g/mol. The molecule has 1 aromatic carbocycles. The van der Waals surface area contributed by atoms with Crippen LogP contribution >= 0.6 is 0 Å². The molecule has 0 aliphatic heterocycles. The normalized spacial score (nSPS) is 12.8. The molecule has 0 saturated carbocycles. The van der Waals surface area contributed by atoms with Crippen LogP contribution in [0.15, 0.2) is 35.0 Å². The highest BCUT2D eigenvalue weighted by Gasteiger charge is 2.45. The summed E-state index contributed by atoms with van der Waals surface area (Å²) < 4.78 is 60.2. The van der Waals surface area contributed by atoms with Crippen LogP contribution in [0.3, 0.4) is 0 Å². The molecular weight excluding hydrogens is 382 g/mol. The molecule has 0 radical (unpaired) electrons. The Hall–Kier alpha value is -3.37. The van der Waals surface area contributed by atoms with E-state index in [1.807, 2.05) is 5.32 Å². The smallest absolute Gasteiger partial charge is 0.416 e. The maximum atomic E-state index is 14.0. The Bertz CT molecular complexity index is 1000. The number of furan rings is 1. The summed E-state index contributed by atoms with van der Waals surface area (Å²) in [5.74, 6) is -1.42. The minimum Gasteiger partial charge on any atom is -0.455 e. The van der Waals surface area contributed by atoms with E-state index in [4.69, 9.17) is 10.2 Å². The number of carbonyl (C=O) groups excluding carboxylic acids is 1. The molecule has 0 fully saturated rings. The van der Waals surface area contributed by atoms with Gasteiger partial charge in [0.1, 0.15) is 5.76 Å². The Labute approximate surface area is 155 Å². The number of hydrogen-bond donors (Lipinski definition) is 3. The van der Waals surface area contributed by atoms with Crippen molar-refractivity contribution in [1.82, 2.24) is 15.3 Å². The molecule has 0 unspecified atom stereocenters. The molecule has 28 heavy (non-hydrogen) atoms. The summed E-state index contributed by atoms with van der Waals surface area (Å²) in [7, 11) is 0. The number of aryl methyl sites for hydroxylation is 1. The molecule has 0 spiro atoms. The van der Waals surface area contributed by atoms with Crippen molar-refractivity contribution < 1.29 is 26.8 Å². The Morgan fingerprint density at radius 3 is 2.57 bits per heavy atom. The van der Waals surface area contributed by atoms with E-state index in [0.29, 0.717) is 0 Å². The number of benzene rings is 1. The molecule has 2 aromatic heterocycles. The van der Waals surface area contributed by atoms with Crippen LogP contribution in [0.25, 0.3) is 11.0 Å². The second-order valence-corrected chi connectivity index (χ2v) is 5.82. The van der Waals surface area contributed by atoms with Crippen molar-refractivity contribution in [3.63, 3.8) is 0 Å². The highest BCUT2D eigenvalue weighted by molar-refractivity contribution is 5.89. The van der Waals surface area contributed by atoms with Crippen molar-refractivity contribution in [2.75, 3.05) is 11.1 Å². The van der Waals surface area contributed by atoms with Gasteiger partial charge in [-0.1, -0.05) is 19.1 Å². The number of hydrogen-bond acceptors (Lipinski definition) is 5. The lowest BCUT2D eigenvalue weighted by Crippen LogP contribution is -2.40. The van der Waals surface area contributed by atoms with Crippen LogP contribution in [0.4, 0.5) is 34.0 Å². The summed E-state index contributed by atoms with van der Waals surface area (Å²) in [6.07, 6.45) is -2.46. The van der Waals surface area contributed by atoms with Crippen molar-refractivity contribution in [2.24, 2.45) is 0 Å². The van der Waals surface area contributed by atoms with Crippen molar-refractivity contribution in [1.29, 1.82) is 0 Å². The lowest BCUT2D eigenvalue weighted by atomic mass is 10.0. The Morgan fingerprint density at radius 2 is 1.96 bits per heavy atom. The molecule has 0 aliphatic carbocycles. The number of urea groups is 1. The number of para-hydroxylation sites is 1. The predicted molar refractivity (Wildman–Crippen MR) is 92.9 cm³/mol. The lowest BCUT2D eigenvalue weighted by molar-refractivity contribution is -0.158. The monoisotopic (exact) mass is 397 g/mol. The molecule has 11 heteroatoms. The van der Waals surface area contributed by atoms with Gasteiger partial charge in [0.15, 0.2) is 17.4 Å². The summed E-state index contributed by atoms with van der Waals surface area (Å²) >= 11 is 0. The van der Waals surface area contributed by atoms with Crippen molar-refractivity contribution in [2.45, 2.75) is 25.6 Å². The first-order chi connectivity index (χ1) is 13.2. The van der Waals surface area contributed by atoms with Crippen molar-refractivity contribution >= 4 is 28.6 Å². The number of aromatic nitrogens is 2. The number of nitrogen functional groups attached to an aromatic ring is 1. The zero-order chi connectivity index (χ0) is 20.5. The minimum absolute atomic E-state index is 0.0407. The van der Waals surface area contributed by atoms with E-state index < -0.39 is 29.8 Å². The third-order valence-corrected chi connectivity index (χ3v) is 3.95. The molecule has 0 aliphatic rings. The zero-order valence-electron chi connectivity index (χ0n) is 14.5. The molecule has 2 heterocycles. The summed E-state index contributed by atoms with van der Waals surface area (Å²) in [4.78, 5) is 19.3. The number of halogens is 4. The zero-order valence-corrected chi connectivity index (χ0v) is 14.5. The maximum absolute atomic E-state index is 14.0. The van der Waals surface area contributed by atoms with E-state index in [9.17, 15) is 22.4 Å². The van der Waals surface area contributed by atoms with Gasteiger partial charge in [-0.05, 0) is 12.5 Å². The summed E-state index contributed by atoms with van der Waals surface area (Å²) in [6.45, 7) is 1.61. The van der Waals surface area contributed by atoms with Crippen LogP contribution < -0.4 is 16.4 Å². The number of nitrogens with two attached hydrogens (primary N) is 1. The molecule has 3 aromatic rings. The second-order valence-electron chi connectivity index (χ2n) is 5.82. The maximum Gasteiger partial charge on any atom is 0.416 e. The number of amides is 2. The van der Waals surface area contributed by atoms with Crippen LogP contribution in [0.5, 0.6) is 0 Å². The number of nitrogens with one attached hydrogen (secondary N) is 2. The molecule has 1 atom stereocenters. The number of rotatable bonds is 4. The van der Waals surface area contributed by atoms with Crippen molar-refractivity contribution in [3.8, 4) is 0 Å². The number of nitrogens with zero attached hydrogens (tertiary/aromatic N) is 2. The molecule has 0 saturated heterocycles. The predicted octanol–water partition coefficient (Wildman–Crippen LogP) is 3.93. The van der Waals surface area contributed by atoms with Gasteiger partial charge < -0.3 is 20.8 Å². The molecule has 3 rings (SSSR count). The third-order valence-electron chi connectivity index (χ3n) is 3.95. The quantitative estimate of drug-likeness (QED) is 0.579. The average Bonchev–Trinajstić information content (AvgIpc) is 3.00. The van der Waals surface area contributed by atoms with Crippen molar-refractivity contribution in [3.05, 3.63) is 47.7 Å². The van der Waals surface area contributed by atoms with Gasteiger partial charge in [-0.3, -0.25) is 0 Å². The van der Waals surface area contributed by atoms with E-state index >= 15 is 0 Å². The van der Waals surface area contributed by atoms with Crippen LogP contribution in [-0.2, 0) is 6.42 Å². The standard InChI is InChI=1S/C17H15F4N5O2/c1-2-9-10-4-3-5-11(18)12(10)28-13(9)14(17(19,20)21)26-16(27)25-8-6-23-15(22)24-7-8/h3-7,14H,2H2,1H3,(H2,22,23,24)(H2,25,26,27)/t14-/m1/s1. The number of fused-ring (bicyclic) bond motifs is 1. The summed E-state index contributed by atoms with van der Waals surface area (Å²) in [6, 6.07) is 0.269. The van der Waals surface area contributed by atoms with Crippen LogP contribution in [0.1, 0.15) is 24.3 Å². The van der Waals surface area contributed by atoms with E-state index in [1.165, 1.54) is 12.1 Å². The Morgan fingerprint density at radius 1 is 1.29 bits per heavy atom. The van der Waals surface area contributed by atoms with Gasteiger partial charge in [0.25, 0.3) is 0 Å². The Kier molecular flexibility index (Phi) is 5.08. The van der Waals surface area contributed by atoms with E-state index in [2.05, 4.69) is 15.3 Å². The molecule has 7 nitrogen and oxygen atoms in total. The minimum atomic E-state index is -4.89. The first-order valence-corrected chi connectivity index (χ1v) is 8.12. The van der Waals surface area contributed by atoms with Gasteiger partial charge in [0, 0.05) is 10.9 Å². The first kappa shape index (κ1) is 19.4. The highest BCUT2D eigenvalue weighted by atomic mass is 19.4. The van der Waals surface area contributed by atoms with Crippen LogP contribution in [-0.4, -0.2) is 22.2 Å². The van der Waals surface area contributed by atoms with Gasteiger partial charge in [0.2, 0.25) is 5.95 Å². The number of alkyl halides is 3. The molecule has 2 amide bonds. The van der Waals surface area contributed by atoms with Gasteiger partial charge >= 0.3 is 12.2 Å². The number of anilines is 2. The third kappa shape index (κ3) is 3.82. The van der Waals surface area contributed by atoms with E-state index in [0.717, 1.165) is 18.5 Å². The Balaban J connectivity index is 1.95. The SMILES string of the molecule is CCc1c([C@@H](NC(=O)Nc2cnc(N)nc2)C(F)(F)F)oc2c(F)cccc12. The molecule has 0 bridgehead atoms.